The molecule has 0 radical (unpaired) electrons. The Kier molecular flexibility index (Phi) is 2.46. The van der Waals surface area contributed by atoms with E-state index in [1.807, 2.05) is 0 Å². The third-order valence-electron chi connectivity index (χ3n) is 2.18. The Morgan fingerprint density at radius 1 is 1.21 bits per heavy atom. The van der Waals surface area contributed by atoms with Gasteiger partial charge in [-0.05, 0) is 0 Å². The van der Waals surface area contributed by atoms with Crippen molar-refractivity contribution in [2.75, 3.05) is 6.61 Å². The molecular formula is C7H11N3O4. The molecule has 1 aromatic rings. The minimum atomic E-state index is -1.13. The predicted molar refractivity (Wildman–Crippen MR) is 43.0 cm³/mol. The van der Waals surface area contributed by atoms with Crippen LogP contribution in [0, 0.1) is 0 Å². The van der Waals surface area contributed by atoms with Crippen molar-refractivity contribution in [2.24, 2.45) is 0 Å². The molecule has 0 bridgehead atoms. The van der Waals surface area contributed by atoms with Crippen molar-refractivity contribution in [3.05, 3.63) is 12.4 Å². The monoisotopic (exact) mass is 201 g/mol. The summed E-state index contributed by atoms with van der Waals surface area (Å²) in [6.45, 7) is -0.351. The van der Waals surface area contributed by atoms with Crippen molar-refractivity contribution >= 4 is 0 Å². The van der Waals surface area contributed by atoms with Crippen LogP contribution in [0.5, 0.6) is 0 Å². The summed E-state index contributed by atoms with van der Waals surface area (Å²) in [7, 11) is 0. The Balaban J connectivity index is 2.16. The van der Waals surface area contributed by atoms with Gasteiger partial charge in [-0.1, -0.05) is 0 Å². The second-order valence-electron chi connectivity index (χ2n) is 3.08. The zero-order valence-corrected chi connectivity index (χ0v) is 7.26. The summed E-state index contributed by atoms with van der Waals surface area (Å²) >= 11 is 0. The van der Waals surface area contributed by atoms with E-state index in [4.69, 9.17) is 9.84 Å². The van der Waals surface area contributed by atoms with Gasteiger partial charge in [0.25, 0.3) is 0 Å². The van der Waals surface area contributed by atoms with Gasteiger partial charge in [-0.15, -0.1) is 0 Å². The average Bonchev–Trinajstić information content (AvgIpc) is 2.78. The maximum absolute atomic E-state index is 9.54. The van der Waals surface area contributed by atoms with E-state index < -0.39 is 24.5 Å². The molecule has 1 fully saturated rings. The summed E-state index contributed by atoms with van der Waals surface area (Å²) < 4.78 is 5.17. The molecule has 1 saturated heterocycles. The molecule has 14 heavy (non-hydrogen) atoms. The first-order chi connectivity index (χ1) is 6.74. The van der Waals surface area contributed by atoms with Crippen LogP contribution in [0.1, 0.15) is 6.23 Å². The van der Waals surface area contributed by atoms with Gasteiger partial charge in [-0.3, -0.25) is 0 Å². The largest absolute Gasteiger partial charge is 0.394 e. The van der Waals surface area contributed by atoms with Crippen LogP contribution in [-0.4, -0.2) is 55.2 Å². The lowest BCUT2D eigenvalue weighted by Gasteiger charge is -2.12. The van der Waals surface area contributed by atoms with Crippen LogP contribution < -0.4 is 0 Å². The number of aliphatic hydroxyl groups excluding tert-OH is 3. The zero-order chi connectivity index (χ0) is 10.1. The molecule has 0 unspecified atom stereocenters. The van der Waals surface area contributed by atoms with Crippen LogP contribution in [0.4, 0.5) is 0 Å². The van der Waals surface area contributed by atoms with Crippen LogP contribution in [0.3, 0.4) is 0 Å². The molecule has 0 saturated carbocycles. The number of ether oxygens (including phenoxy) is 1. The van der Waals surface area contributed by atoms with E-state index in [0.29, 0.717) is 0 Å². The Morgan fingerprint density at radius 3 is 2.36 bits per heavy atom. The molecule has 3 N–H and O–H groups in total. The van der Waals surface area contributed by atoms with E-state index in [1.165, 1.54) is 12.4 Å². The van der Waals surface area contributed by atoms with Crippen LogP contribution in [-0.2, 0) is 4.74 Å². The van der Waals surface area contributed by atoms with E-state index in [0.717, 1.165) is 4.80 Å². The number of hydrogen-bond acceptors (Lipinski definition) is 6. The second kappa shape index (κ2) is 3.62. The summed E-state index contributed by atoms with van der Waals surface area (Å²) in [6.07, 6.45) is -0.989. The molecule has 0 spiro atoms. The highest BCUT2D eigenvalue weighted by molar-refractivity contribution is 4.87. The quantitative estimate of drug-likeness (QED) is 0.506. The Bertz CT molecular complexity index is 291. The van der Waals surface area contributed by atoms with E-state index in [9.17, 15) is 10.2 Å². The van der Waals surface area contributed by atoms with Crippen molar-refractivity contribution in [1.29, 1.82) is 0 Å². The van der Waals surface area contributed by atoms with E-state index >= 15 is 0 Å². The van der Waals surface area contributed by atoms with E-state index in [1.54, 1.807) is 0 Å². The minimum Gasteiger partial charge on any atom is -0.394 e. The summed E-state index contributed by atoms with van der Waals surface area (Å²) in [5.74, 6) is 0. The normalized spacial score (nSPS) is 37.6. The number of nitrogens with zero attached hydrogens (tertiary/aromatic N) is 3. The molecule has 0 aliphatic carbocycles. The lowest BCUT2D eigenvalue weighted by atomic mass is 10.1. The third-order valence-corrected chi connectivity index (χ3v) is 2.18. The van der Waals surface area contributed by atoms with Crippen molar-refractivity contribution in [2.45, 2.75) is 24.5 Å². The van der Waals surface area contributed by atoms with Gasteiger partial charge >= 0.3 is 0 Å². The van der Waals surface area contributed by atoms with Crippen LogP contribution in [0.2, 0.25) is 0 Å². The van der Waals surface area contributed by atoms with Crippen LogP contribution in [0.15, 0.2) is 12.4 Å². The first kappa shape index (κ1) is 9.53. The fraction of sp³-hybridized carbons (Fsp3) is 0.714. The molecule has 7 nitrogen and oxygen atoms in total. The lowest BCUT2D eigenvalue weighted by Crippen LogP contribution is -2.33. The van der Waals surface area contributed by atoms with Crippen molar-refractivity contribution < 1.29 is 20.1 Å². The Morgan fingerprint density at radius 2 is 1.86 bits per heavy atom. The van der Waals surface area contributed by atoms with Gasteiger partial charge < -0.3 is 20.1 Å². The Labute approximate surface area is 79.5 Å². The first-order valence-corrected chi connectivity index (χ1v) is 4.22. The third kappa shape index (κ3) is 1.40. The highest BCUT2D eigenvalue weighted by atomic mass is 16.6. The summed E-state index contributed by atoms with van der Waals surface area (Å²) in [6, 6.07) is 0. The van der Waals surface area contributed by atoms with Gasteiger partial charge in [-0.25, -0.2) is 0 Å². The van der Waals surface area contributed by atoms with Gasteiger partial charge in [-0.2, -0.15) is 15.0 Å². The van der Waals surface area contributed by atoms with Gasteiger partial charge in [0.05, 0.1) is 19.0 Å². The molecule has 78 valence electrons. The molecule has 1 aromatic heterocycles. The Hall–Kier alpha value is -1.02. The van der Waals surface area contributed by atoms with E-state index in [-0.39, 0.29) is 6.61 Å². The number of rotatable bonds is 2. The highest BCUT2D eigenvalue weighted by Gasteiger charge is 2.44. The van der Waals surface area contributed by atoms with E-state index in [2.05, 4.69) is 10.2 Å². The van der Waals surface area contributed by atoms with Crippen LogP contribution >= 0.6 is 0 Å². The van der Waals surface area contributed by atoms with Gasteiger partial charge in [0.1, 0.15) is 18.3 Å². The number of aromatic nitrogens is 3. The maximum Gasteiger partial charge on any atom is 0.198 e. The molecule has 0 aromatic carbocycles. The standard InChI is InChI=1S/C7H11N3O4/c11-3-4-5(12)6(13)7(14-4)10-8-1-2-9-10/h1-2,4-7,11-13H,3H2/t4-,5-,6-,7-/m1/s1. The summed E-state index contributed by atoms with van der Waals surface area (Å²) in [5, 5.41) is 35.3. The SMILES string of the molecule is OC[C@H]1O[C@@H](n2nccn2)[C@H](O)[C@@H]1O. The van der Waals surface area contributed by atoms with Gasteiger partial charge in [0.15, 0.2) is 6.23 Å². The topological polar surface area (TPSA) is 101 Å². The molecule has 0 amide bonds. The molecule has 1 aliphatic heterocycles. The van der Waals surface area contributed by atoms with Gasteiger partial charge in [0.2, 0.25) is 0 Å². The molecule has 2 rings (SSSR count). The molecular weight excluding hydrogens is 190 g/mol. The molecule has 2 heterocycles. The van der Waals surface area contributed by atoms with Crippen LogP contribution in [0.25, 0.3) is 0 Å². The lowest BCUT2D eigenvalue weighted by molar-refractivity contribution is -0.0655. The van der Waals surface area contributed by atoms with Gasteiger partial charge in [0, 0.05) is 0 Å². The fourth-order valence-electron chi connectivity index (χ4n) is 1.43. The van der Waals surface area contributed by atoms with Crippen molar-refractivity contribution in [3.63, 3.8) is 0 Å². The highest BCUT2D eigenvalue weighted by Crippen LogP contribution is 2.27. The van der Waals surface area contributed by atoms with Crippen molar-refractivity contribution in [1.82, 2.24) is 15.0 Å². The average molecular weight is 201 g/mol. The molecule has 1 aliphatic rings. The second-order valence-corrected chi connectivity index (χ2v) is 3.08. The first-order valence-electron chi connectivity index (χ1n) is 4.22. The minimum absolute atomic E-state index is 0.351. The fourth-order valence-corrected chi connectivity index (χ4v) is 1.43. The number of hydrogen-bond donors (Lipinski definition) is 3. The molecule has 4 atom stereocenters. The smallest absolute Gasteiger partial charge is 0.198 e. The summed E-state index contributed by atoms with van der Waals surface area (Å²) in [4.78, 5) is 1.16. The zero-order valence-electron chi connectivity index (χ0n) is 7.26. The van der Waals surface area contributed by atoms with Crippen molar-refractivity contribution in [3.8, 4) is 0 Å². The maximum atomic E-state index is 9.54. The molecule has 7 heteroatoms. The number of aliphatic hydroxyl groups is 3. The predicted octanol–water partition coefficient (Wildman–Crippen LogP) is -2.11. The summed E-state index contributed by atoms with van der Waals surface area (Å²) in [5.41, 5.74) is 0.